The summed E-state index contributed by atoms with van der Waals surface area (Å²) >= 11 is 0. The van der Waals surface area contributed by atoms with Crippen LogP contribution in [-0.4, -0.2) is 37.1 Å². The fraction of sp³-hybridized carbons (Fsp3) is 0.824. The molecule has 1 saturated heterocycles. The van der Waals surface area contributed by atoms with Gasteiger partial charge in [-0.25, -0.2) is 4.79 Å². The second kappa shape index (κ2) is 6.35. The number of rotatable bonds is 4. The van der Waals surface area contributed by atoms with E-state index in [2.05, 4.69) is 53.0 Å². The van der Waals surface area contributed by atoms with Crippen molar-refractivity contribution in [3.05, 3.63) is 0 Å². The maximum atomic E-state index is 11.7. The smallest absolute Gasteiger partial charge is 0.351 e. The zero-order chi connectivity index (χ0) is 17.3. The number of hydrogen-bond acceptors (Lipinski definition) is 3. The fourth-order valence-electron chi connectivity index (χ4n) is 3.62. The van der Waals surface area contributed by atoms with Crippen molar-refractivity contribution in [2.75, 3.05) is 6.61 Å². The van der Waals surface area contributed by atoms with Crippen LogP contribution >= 0.6 is 0 Å². The molecule has 0 unspecified atom stereocenters. The first kappa shape index (κ1) is 19.2. The van der Waals surface area contributed by atoms with Crippen molar-refractivity contribution in [2.45, 2.75) is 83.4 Å². The Bertz CT molecular complexity index is 463. The topological polar surface area (TPSA) is 55.8 Å². The van der Waals surface area contributed by atoms with E-state index in [1.807, 2.05) is 0 Å². The molecular weight excluding hydrogens is 296 g/mol. The van der Waals surface area contributed by atoms with Crippen molar-refractivity contribution < 1.29 is 19.4 Å². The maximum Gasteiger partial charge on any atom is 0.351 e. The van der Waals surface area contributed by atoms with Crippen molar-refractivity contribution in [1.82, 2.24) is 0 Å². The lowest BCUT2D eigenvalue weighted by Gasteiger charge is -2.38. The average Bonchev–Trinajstić information content (AvgIpc) is 2.65. The Labute approximate surface area is 135 Å². The number of aliphatic carboxylic acids is 1. The molecule has 1 aliphatic heterocycles. The van der Waals surface area contributed by atoms with Gasteiger partial charge < -0.3 is 14.6 Å². The first-order valence-corrected chi connectivity index (χ1v) is 10.2. The average molecular weight is 327 g/mol. The van der Waals surface area contributed by atoms with Gasteiger partial charge in [0, 0.05) is 0 Å². The van der Waals surface area contributed by atoms with Gasteiger partial charge in [-0.05, 0) is 30.5 Å². The van der Waals surface area contributed by atoms with Crippen LogP contribution < -0.4 is 0 Å². The molecule has 1 heterocycles. The highest BCUT2D eigenvalue weighted by atomic mass is 28.3. The van der Waals surface area contributed by atoms with Crippen LogP contribution in [-0.2, 0) is 14.3 Å². The van der Waals surface area contributed by atoms with Gasteiger partial charge in [0.2, 0.25) is 0 Å². The fourth-order valence-corrected chi connectivity index (χ4v) is 8.90. The molecule has 5 heteroatoms. The monoisotopic (exact) mass is 326 g/mol. The van der Waals surface area contributed by atoms with Gasteiger partial charge in [0.05, 0.1) is 0 Å². The van der Waals surface area contributed by atoms with E-state index in [-0.39, 0.29) is 6.61 Å². The van der Waals surface area contributed by atoms with Crippen molar-refractivity contribution in [1.29, 1.82) is 0 Å². The highest BCUT2D eigenvalue weighted by molar-refractivity contribution is 6.90. The largest absolute Gasteiger partial charge is 0.478 e. The highest BCUT2D eigenvalue weighted by Gasteiger charge is 2.51. The highest BCUT2D eigenvalue weighted by Crippen LogP contribution is 2.41. The van der Waals surface area contributed by atoms with Gasteiger partial charge in [-0.3, -0.25) is 0 Å². The van der Waals surface area contributed by atoms with E-state index >= 15 is 0 Å². The summed E-state index contributed by atoms with van der Waals surface area (Å²) in [6, 6.07) is 0. The number of carboxylic acids is 1. The van der Waals surface area contributed by atoms with Gasteiger partial charge in [0.25, 0.3) is 5.60 Å². The van der Waals surface area contributed by atoms with Gasteiger partial charge in [-0.1, -0.05) is 47.5 Å². The van der Waals surface area contributed by atoms with E-state index in [0.717, 1.165) is 0 Å². The predicted molar refractivity (Wildman–Crippen MR) is 90.3 cm³/mol. The molecule has 4 nitrogen and oxygen atoms in total. The number of carbonyl (C=O) groups is 1. The second-order valence-corrected chi connectivity index (χ2v) is 13.1. The predicted octanol–water partition coefficient (Wildman–Crippen LogP) is 3.81. The first-order chi connectivity index (χ1) is 9.89. The summed E-state index contributed by atoms with van der Waals surface area (Å²) in [5, 5.41) is 9.62. The van der Waals surface area contributed by atoms with Crippen LogP contribution in [0.2, 0.25) is 16.6 Å². The molecule has 0 amide bonds. The maximum absolute atomic E-state index is 11.7. The van der Waals surface area contributed by atoms with Gasteiger partial charge in [0.15, 0.2) is 5.79 Å². The Kier molecular flexibility index (Phi) is 5.54. The summed E-state index contributed by atoms with van der Waals surface area (Å²) in [5.74, 6) is 1.02. The summed E-state index contributed by atoms with van der Waals surface area (Å²) in [5.41, 5.74) is 3.23. The Balaban J connectivity index is 3.34. The van der Waals surface area contributed by atoms with Crippen LogP contribution in [0.5, 0.6) is 0 Å². The molecule has 1 aliphatic rings. The van der Waals surface area contributed by atoms with Gasteiger partial charge >= 0.3 is 5.97 Å². The Morgan fingerprint density at radius 3 is 1.82 bits per heavy atom. The quantitative estimate of drug-likeness (QED) is 0.630. The second-order valence-electron chi connectivity index (χ2n) is 7.57. The van der Waals surface area contributed by atoms with Gasteiger partial charge in [-0.15, -0.1) is 5.54 Å². The normalized spacial score (nSPS) is 24.7. The van der Waals surface area contributed by atoms with Gasteiger partial charge in [0.1, 0.15) is 14.7 Å². The summed E-state index contributed by atoms with van der Waals surface area (Å²) < 4.78 is 11.1. The molecule has 0 aromatic heterocycles. The molecule has 1 rings (SSSR count). The SMILES string of the molecule is CC(C)[Si](C#C[C@]1(C(=O)O)COC(C)(C)O1)(C(C)C)C(C)C. The summed E-state index contributed by atoms with van der Waals surface area (Å²) in [4.78, 5) is 11.7. The van der Waals surface area contributed by atoms with Crippen molar-refractivity contribution in [3.8, 4) is 11.5 Å². The zero-order valence-electron chi connectivity index (χ0n) is 15.1. The lowest BCUT2D eigenvalue weighted by atomic mass is 10.1. The molecule has 0 aromatic carbocycles. The summed E-state index contributed by atoms with van der Waals surface area (Å²) in [7, 11) is -1.99. The molecule has 0 spiro atoms. The molecule has 0 aromatic rings. The molecule has 126 valence electrons. The van der Waals surface area contributed by atoms with E-state index in [1.165, 1.54) is 0 Å². The van der Waals surface area contributed by atoms with Crippen molar-refractivity contribution in [2.24, 2.45) is 0 Å². The molecule has 0 bridgehead atoms. The van der Waals surface area contributed by atoms with E-state index in [1.54, 1.807) is 13.8 Å². The molecule has 0 saturated carbocycles. The van der Waals surface area contributed by atoms with Crippen LogP contribution in [0.25, 0.3) is 0 Å². The molecule has 0 aliphatic carbocycles. The first-order valence-electron chi connectivity index (χ1n) is 8.01. The third kappa shape index (κ3) is 3.39. The minimum absolute atomic E-state index is 0.0267. The Morgan fingerprint density at radius 1 is 1.09 bits per heavy atom. The molecule has 22 heavy (non-hydrogen) atoms. The van der Waals surface area contributed by atoms with Crippen LogP contribution in [0.3, 0.4) is 0 Å². The lowest BCUT2D eigenvalue weighted by Crippen LogP contribution is -2.46. The molecule has 1 N–H and O–H groups in total. The van der Waals surface area contributed by atoms with E-state index in [9.17, 15) is 9.90 Å². The third-order valence-corrected chi connectivity index (χ3v) is 11.0. The van der Waals surface area contributed by atoms with E-state index in [4.69, 9.17) is 9.47 Å². The lowest BCUT2D eigenvalue weighted by molar-refractivity contribution is -0.175. The number of ether oxygens (including phenoxy) is 2. The van der Waals surface area contributed by atoms with E-state index < -0.39 is 25.4 Å². The summed E-state index contributed by atoms with van der Waals surface area (Å²) in [6.07, 6.45) is 0. The number of hydrogen-bond donors (Lipinski definition) is 1. The molecule has 0 radical (unpaired) electrons. The summed E-state index contributed by atoms with van der Waals surface area (Å²) in [6.45, 7) is 16.6. The van der Waals surface area contributed by atoms with Gasteiger partial charge in [-0.2, -0.15) is 0 Å². The Morgan fingerprint density at radius 2 is 1.55 bits per heavy atom. The molecule has 1 fully saturated rings. The Hall–Kier alpha value is -0.833. The van der Waals surface area contributed by atoms with E-state index in [0.29, 0.717) is 16.6 Å². The van der Waals surface area contributed by atoms with Crippen LogP contribution in [0.1, 0.15) is 55.4 Å². The van der Waals surface area contributed by atoms with Crippen molar-refractivity contribution in [3.63, 3.8) is 0 Å². The molecule has 1 atom stereocenters. The molecular formula is C17H30O4Si. The van der Waals surface area contributed by atoms with Crippen LogP contribution in [0.4, 0.5) is 0 Å². The van der Waals surface area contributed by atoms with Crippen LogP contribution in [0, 0.1) is 11.5 Å². The zero-order valence-corrected chi connectivity index (χ0v) is 16.1. The third-order valence-electron chi connectivity index (χ3n) is 4.74. The minimum atomic E-state index is -1.99. The minimum Gasteiger partial charge on any atom is -0.478 e. The van der Waals surface area contributed by atoms with Crippen LogP contribution in [0.15, 0.2) is 0 Å². The standard InChI is InChI=1S/C17H30O4Si/c1-12(2)22(13(3)4,14(5)6)10-9-17(15(18)19)11-20-16(7,8)21-17/h12-14H,11H2,1-8H3,(H,18,19)/t17-/m1/s1. The van der Waals surface area contributed by atoms with Crippen molar-refractivity contribution >= 4 is 14.0 Å². The number of carboxylic acid groups (broad SMARTS) is 1.